The van der Waals surface area contributed by atoms with Crippen molar-refractivity contribution in [2.75, 3.05) is 23.9 Å². The Bertz CT molecular complexity index is 356. The number of nitrogens with one attached hydrogen (secondary N) is 1. The second kappa shape index (κ2) is 7.11. The second-order valence-corrected chi connectivity index (χ2v) is 4.80. The molecule has 0 aliphatic rings. The van der Waals surface area contributed by atoms with Gasteiger partial charge in [-0.1, -0.05) is 6.92 Å². The van der Waals surface area contributed by atoms with Gasteiger partial charge in [-0.2, -0.15) is 11.8 Å². The number of thioether (sulfide) groups is 1. The van der Waals surface area contributed by atoms with E-state index in [9.17, 15) is 4.79 Å². The lowest BCUT2D eigenvalue weighted by Crippen LogP contribution is -2.19. The largest absolute Gasteiger partial charge is 0.464 e. The first kappa shape index (κ1) is 13.8. The molecule has 94 valence electrons. The van der Waals surface area contributed by atoms with E-state index in [4.69, 9.17) is 0 Å². The summed E-state index contributed by atoms with van der Waals surface area (Å²) >= 11 is 1.86. The van der Waals surface area contributed by atoms with Crippen LogP contribution in [0.25, 0.3) is 0 Å². The van der Waals surface area contributed by atoms with Crippen molar-refractivity contribution in [2.24, 2.45) is 0 Å². The molecule has 0 aromatic carbocycles. The zero-order valence-electron chi connectivity index (χ0n) is 10.3. The van der Waals surface area contributed by atoms with Gasteiger partial charge in [0, 0.05) is 11.8 Å². The number of carbonyl (C=O) groups excluding carboxylic acids is 1. The first-order valence-electron chi connectivity index (χ1n) is 5.42. The molecule has 0 radical (unpaired) electrons. The van der Waals surface area contributed by atoms with Gasteiger partial charge in [-0.25, -0.2) is 14.8 Å². The van der Waals surface area contributed by atoms with Gasteiger partial charge in [-0.05, 0) is 12.7 Å². The van der Waals surface area contributed by atoms with Crippen LogP contribution in [-0.4, -0.2) is 40.6 Å². The summed E-state index contributed by atoms with van der Waals surface area (Å²) in [5.74, 6) is 2.30. The van der Waals surface area contributed by atoms with Crippen LogP contribution in [-0.2, 0) is 4.74 Å². The number of anilines is 1. The number of hydrogen-bond donors (Lipinski definition) is 1. The molecule has 1 unspecified atom stereocenters. The second-order valence-electron chi connectivity index (χ2n) is 3.48. The van der Waals surface area contributed by atoms with Crippen molar-refractivity contribution in [3.05, 3.63) is 18.1 Å². The van der Waals surface area contributed by atoms with Gasteiger partial charge in [0.15, 0.2) is 5.69 Å². The molecular formula is C11H17N3O2S. The number of ether oxygens (including phenoxy) is 1. The quantitative estimate of drug-likeness (QED) is 0.782. The van der Waals surface area contributed by atoms with Crippen LogP contribution in [0.4, 0.5) is 5.82 Å². The van der Waals surface area contributed by atoms with Crippen LogP contribution in [0.1, 0.15) is 24.3 Å². The molecule has 1 N–H and O–H groups in total. The molecule has 1 heterocycles. The van der Waals surface area contributed by atoms with Crippen LogP contribution in [0.3, 0.4) is 0 Å². The van der Waals surface area contributed by atoms with Gasteiger partial charge in [0.2, 0.25) is 0 Å². The topological polar surface area (TPSA) is 64.1 Å². The molecule has 6 heteroatoms. The summed E-state index contributed by atoms with van der Waals surface area (Å²) < 4.78 is 4.55. The summed E-state index contributed by atoms with van der Waals surface area (Å²) in [6.45, 7) is 4.21. The highest BCUT2D eigenvalue weighted by Gasteiger charge is 2.08. The van der Waals surface area contributed by atoms with Crippen LogP contribution >= 0.6 is 11.8 Å². The first-order valence-corrected chi connectivity index (χ1v) is 6.57. The van der Waals surface area contributed by atoms with Gasteiger partial charge in [0.05, 0.1) is 19.5 Å². The summed E-state index contributed by atoms with van der Waals surface area (Å²) in [6.07, 6.45) is 2.95. The number of rotatable bonds is 6. The lowest BCUT2D eigenvalue weighted by Gasteiger charge is -2.13. The molecule has 1 rings (SSSR count). The number of esters is 1. The summed E-state index contributed by atoms with van der Waals surface area (Å²) in [5.41, 5.74) is 0.216. The minimum absolute atomic E-state index is 0.216. The van der Waals surface area contributed by atoms with E-state index in [0.29, 0.717) is 11.9 Å². The molecule has 0 saturated carbocycles. The highest BCUT2D eigenvalue weighted by atomic mass is 32.2. The van der Waals surface area contributed by atoms with Crippen molar-refractivity contribution in [3.63, 3.8) is 0 Å². The third kappa shape index (κ3) is 4.60. The fourth-order valence-corrected chi connectivity index (χ4v) is 1.87. The summed E-state index contributed by atoms with van der Waals surface area (Å²) in [7, 11) is 1.32. The van der Waals surface area contributed by atoms with Crippen molar-refractivity contribution < 1.29 is 9.53 Å². The van der Waals surface area contributed by atoms with Gasteiger partial charge in [0.1, 0.15) is 5.82 Å². The Balaban J connectivity index is 2.53. The van der Waals surface area contributed by atoms with Crippen molar-refractivity contribution in [3.8, 4) is 0 Å². The summed E-state index contributed by atoms with van der Waals surface area (Å²) in [6, 6.07) is 0.318. The average Bonchev–Trinajstić information content (AvgIpc) is 2.36. The maximum atomic E-state index is 11.1. The molecule has 17 heavy (non-hydrogen) atoms. The van der Waals surface area contributed by atoms with Gasteiger partial charge >= 0.3 is 5.97 Å². The van der Waals surface area contributed by atoms with Crippen molar-refractivity contribution >= 4 is 23.5 Å². The predicted octanol–water partition coefficient (Wildman–Crippen LogP) is 1.82. The number of carbonyl (C=O) groups is 1. The number of methoxy groups -OCH3 is 1. The molecule has 0 aliphatic heterocycles. The van der Waals surface area contributed by atoms with E-state index < -0.39 is 5.97 Å². The Hall–Kier alpha value is -1.30. The third-order valence-corrected chi connectivity index (χ3v) is 3.16. The minimum Gasteiger partial charge on any atom is -0.464 e. The SMILES string of the molecule is CCSCC(C)Nc1cnc(C(=O)OC)cn1. The van der Waals surface area contributed by atoms with E-state index in [2.05, 4.69) is 33.9 Å². The Labute approximate surface area is 105 Å². The van der Waals surface area contributed by atoms with Gasteiger partial charge in [-0.3, -0.25) is 0 Å². The molecule has 0 spiro atoms. The molecule has 0 fully saturated rings. The zero-order valence-corrected chi connectivity index (χ0v) is 11.1. The lowest BCUT2D eigenvalue weighted by atomic mass is 10.4. The molecule has 0 aliphatic carbocycles. The minimum atomic E-state index is -0.473. The molecule has 0 bridgehead atoms. The van der Waals surface area contributed by atoms with E-state index >= 15 is 0 Å². The number of hydrogen-bond acceptors (Lipinski definition) is 6. The Kier molecular flexibility index (Phi) is 5.76. The lowest BCUT2D eigenvalue weighted by molar-refractivity contribution is 0.0593. The van der Waals surface area contributed by atoms with Crippen LogP contribution in [0, 0.1) is 0 Å². The first-order chi connectivity index (χ1) is 8.17. The van der Waals surface area contributed by atoms with Crippen LogP contribution in [0.15, 0.2) is 12.4 Å². The molecular weight excluding hydrogens is 238 g/mol. The summed E-state index contributed by atoms with van der Waals surface area (Å²) in [5, 5.41) is 3.21. The number of nitrogens with zero attached hydrogens (tertiary/aromatic N) is 2. The van der Waals surface area contributed by atoms with Gasteiger partial charge < -0.3 is 10.1 Å². The molecule has 1 atom stereocenters. The Morgan fingerprint density at radius 1 is 1.53 bits per heavy atom. The van der Waals surface area contributed by atoms with Crippen LogP contribution < -0.4 is 5.32 Å². The fourth-order valence-electron chi connectivity index (χ4n) is 1.20. The van der Waals surface area contributed by atoms with Gasteiger partial charge in [-0.15, -0.1) is 0 Å². The molecule has 1 aromatic heterocycles. The Morgan fingerprint density at radius 3 is 2.82 bits per heavy atom. The molecule has 5 nitrogen and oxygen atoms in total. The zero-order chi connectivity index (χ0) is 12.7. The maximum Gasteiger partial charge on any atom is 0.358 e. The highest BCUT2D eigenvalue weighted by molar-refractivity contribution is 7.99. The van der Waals surface area contributed by atoms with E-state index in [1.54, 1.807) is 6.20 Å². The van der Waals surface area contributed by atoms with Crippen molar-refractivity contribution in [1.82, 2.24) is 9.97 Å². The fraction of sp³-hybridized carbons (Fsp3) is 0.545. The highest BCUT2D eigenvalue weighted by Crippen LogP contribution is 2.08. The van der Waals surface area contributed by atoms with E-state index in [1.807, 2.05) is 11.8 Å². The molecule has 0 saturated heterocycles. The van der Waals surface area contributed by atoms with E-state index in [0.717, 1.165) is 11.5 Å². The van der Waals surface area contributed by atoms with Crippen LogP contribution in [0.2, 0.25) is 0 Å². The number of aromatic nitrogens is 2. The molecule has 1 aromatic rings. The maximum absolute atomic E-state index is 11.1. The Morgan fingerprint density at radius 2 is 2.29 bits per heavy atom. The smallest absolute Gasteiger partial charge is 0.358 e. The van der Waals surface area contributed by atoms with Crippen LogP contribution in [0.5, 0.6) is 0 Å². The van der Waals surface area contributed by atoms with Crippen molar-refractivity contribution in [1.29, 1.82) is 0 Å². The standard InChI is InChI=1S/C11H17N3O2S/c1-4-17-7-8(2)14-10-6-12-9(5-13-10)11(15)16-3/h5-6,8H,4,7H2,1-3H3,(H,13,14). The average molecular weight is 255 g/mol. The van der Waals surface area contributed by atoms with E-state index in [-0.39, 0.29) is 5.69 Å². The third-order valence-electron chi connectivity index (χ3n) is 2.01. The summed E-state index contributed by atoms with van der Waals surface area (Å²) in [4.78, 5) is 19.2. The van der Waals surface area contributed by atoms with E-state index in [1.165, 1.54) is 13.3 Å². The molecule has 0 amide bonds. The monoisotopic (exact) mass is 255 g/mol. The normalized spacial score (nSPS) is 11.9. The van der Waals surface area contributed by atoms with Crippen molar-refractivity contribution in [2.45, 2.75) is 19.9 Å². The van der Waals surface area contributed by atoms with Gasteiger partial charge in [0.25, 0.3) is 0 Å². The predicted molar refractivity (Wildman–Crippen MR) is 69.5 cm³/mol.